The van der Waals surface area contributed by atoms with Gasteiger partial charge in [-0.1, -0.05) is 32.8 Å². The highest BCUT2D eigenvalue weighted by atomic mass is 127. The van der Waals surface area contributed by atoms with Gasteiger partial charge < -0.3 is 15.2 Å². The third-order valence-corrected chi connectivity index (χ3v) is 4.02. The van der Waals surface area contributed by atoms with E-state index in [0.29, 0.717) is 5.92 Å². The van der Waals surface area contributed by atoms with E-state index in [1.54, 1.807) is 16.7 Å². The van der Waals surface area contributed by atoms with Gasteiger partial charge in [0.1, 0.15) is 0 Å². The summed E-state index contributed by atoms with van der Waals surface area (Å²) in [6, 6.07) is 5.28. The molecule has 0 saturated heterocycles. The first-order valence-electron chi connectivity index (χ1n) is 8.88. The van der Waals surface area contributed by atoms with Gasteiger partial charge in [0, 0.05) is 38.4 Å². The fourth-order valence-corrected chi connectivity index (χ4v) is 2.37. The number of aliphatic imine (C=N–C) groups is 1. The molecule has 0 aliphatic carbocycles. The zero-order valence-electron chi connectivity index (χ0n) is 15.3. The zero-order valence-corrected chi connectivity index (χ0v) is 17.6. The van der Waals surface area contributed by atoms with Gasteiger partial charge in [0.25, 0.3) is 0 Å². The van der Waals surface area contributed by atoms with Crippen LogP contribution in [-0.4, -0.2) is 30.2 Å². The minimum absolute atomic E-state index is 0. The minimum Gasteiger partial charge on any atom is -0.357 e. The summed E-state index contributed by atoms with van der Waals surface area (Å²) in [6.45, 7) is 9.90. The molecule has 0 aromatic carbocycles. The smallest absolute Gasteiger partial charge is 0.250 e. The molecular formula is C18H33IN4O. The molecule has 0 bridgehead atoms. The summed E-state index contributed by atoms with van der Waals surface area (Å²) in [5, 5.41) is 6.66. The molecule has 138 valence electrons. The number of guanidine groups is 1. The normalized spacial score (nSPS) is 11.2. The molecule has 0 radical (unpaired) electrons. The highest BCUT2D eigenvalue weighted by molar-refractivity contribution is 14.0. The first-order chi connectivity index (χ1) is 11.2. The Bertz CT molecular complexity index is 512. The highest BCUT2D eigenvalue weighted by Gasteiger charge is 2.03. The SMILES string of the molecule is CCNC(=NCC(CC)CC)NCCCCn1ccccc1=O.I. The molecule has 1 aromatic heterocycles. The molecule has 2 N–H and O–H groups in total. The Balaban J connectivity index is 0.00000529. The van der Waals surface area contributed by atoms with Gasteiger partial charge in [0.05, 0.1) is 0 Å². The summed E-state index contributed by atoms with van der Waals surface area (Å²) in [6.07, 6.45) is 6.17. The van der Waals surface area contributed by atoms with Gasteiger partial charge in [-0.25, -0.2) is 0 Å². The van der Waals surface area contributed by atoms with Crippen LogP contribution in [0, 0.1) is 5.92 Å². The maximum atomic E-state index is 11.6. The predicted octanol–water partition coefficient (Wildman–Crippen LogP) is 3.24. The highest BCUT2D eigenvalue weighted by Crippen LogP contribution is 2.07. The molecule has 1 heterocycles. The topological polar surface area (TPSA) is 58.4 Å². The van der Waals surface area contributed by atoms with Crippen molar-refractivity contribution in [2.45, 2.75) is 53.0 Å². The lowest BCUT2D eigenvalue weighted by molar-refractivity contribution is 0.503. The lowest BCUT2D eigenvalue weighted by Gasteiger charge is -2.14. The van der Waals surface area contributed by atoms with Crippen LogP contribution in [0.1, 0.15) is 46.5 Å². The molecule has 0 aliphatic heterocycles. The average Bonchev–Trinajstić information content (AvgIpc) is 2.56. The number of aryl methyl sites for hydroxylation is 1. The number of pyridine rings is 1. The van der Waals surface area contributed by atoms with E-state index in [1.807, 2.05) is 12.3 Å². The standard InChI is InChI=1S/C18H32N4O.HI/c1-4-16(5-2)15-21-18(19-6-3)20-12-8-10-14-22-13-9-7-11-17(22)23;/h7,9,11,13,16H,4-6,8,10,12,14-15H2,1-3H3,(H2,19,20,21);1H. The Morgan fingerprint density at radius 2 is 1.92 bits per heavy atom. The van der Waals surface area contributed by atoms with Gasteiger partial charge in [-0.3, -0.25) is 9.79 Å². The van der Waals surface area contributed by atoms with Gasteiger partial charge in [-0.2, -0.15) is 0 Å². The molecule has 0 spiro atoms. The van der Waals surface area contributed by atoms with Crippen LogP contribution >= 0.6 is 24.0 Å². The van der Waals surface area contributed by atoms with Crippen LogP contribution in [0.15, 0.2) is 34.2 Å². The third kappa shape index (κ3) is 9.30. The Morgan fingerprint density at radius 1 is 1.17 bits per heavy atom. The van der Waals surface area contributed by atoms with E-state index in [2.05, 4.69) is 36.4 Å². The maximum absolute atomic E-state index is 11.6. The molecule has 6 heteroatoms. The predicted molar refractivity (Wildman–Crippen MR) is 113 cm³/mol. The Kier molecular flexibility index (Phi) is 13.7. The van der Waals surface area contributed by atoms with Crippen LogP contribution in [0.25, 0.3) is 0 Å². The molecule has 24 heavy (non-hydrogen) atoms. The summed E-state index contributed by atoms with van der Waals surface area (Å²) >= 11 is 0. The molecular weight excluding hydrogens is 415 g/mol. The van der Waals surface area contributed by atoms with Crippen LogP contribution < -0.4 is 16.2 Å². The van der Waals surface area contributed by atoms with Gasteiger partial charge in [-0.05, 0) is 31.7 Å². The molecule has 1 rings (SSSR count). The monoisotopic (exact) mass is 448 g/mol. The van der Waals surface area contributed by atoms with Crippen molar-refractivity contribution < 1.29 is 0 Å². The van der Waals surface area contributed by atoms with E-state index < -0.39 is 0 Å². The second-order valence-electron chi connectivity index (χ2n) is 5.77. The van der Waals surface area contributed by atoms with Crippen molar-refractivity contribution >= 4 is 29.9 Å². The fourth-order valence-electron chi connectivity index (χ4n) is 2.37. The first-order valence-corrected chi connectivity index (χ1v) is 8.88. The number of nitrogens with one attached hydrogen (secondary N) is 2. The minimum atomic E-state index is 0. The van der Waals surface area contributed by atoms with Gasteiger partial charge in [0.2, 0.25) is 5.56 Å². The van der Waals surface area contributed by atoms with Crippen LogP contribution in [0.5, 0.6) is 0 Å². The van der Waals surface area contributed by atoms with Crippen LogP contribution in [-0.2, 0) is 6.54 Å². The van der Waals surface area contributed by atoms with Crippen molar-refractivity contribution in [3.05, 3.63) is 34.7 Å². The van der Waals surface area contributed by atoms with Crippen molar-refractivity contribution in [3.63, 3.8) is 0 Å². The van der Waals surface area contributed by atoms with Crippen LogP contribution in [0.2, 0.25) is 0 Å². The zero-order chi connectivity index (χ0) is 16.9. The number of hydrogen-bond acceptors (Lipinski definition) is 2. The van der Waals surface area contributed by atoms with Gasteiger partial charge in [0.15, 0.2) is 5.96 Å². The summed E-state index contributed by atoms with van der Waals surface area (Å²) in [5.74, 6) is 1.56. The molecule has 0 fully saturated rings. The number of unbranched alkanes of at least 4 members (excludes halogenated alkanes) is 1. The summed E-state index contributed by atoms with van der Waals surface area (Å²) in [5.41, 5.74) is 0.0699. The second kappa shape index (κ2) is 14.3. The lowest BCUT2D eigenvalue weighted by Crippen LogP contribution is -2.38. The molecule has 0 saturated carbocycles. The number of halogens is 1. The van der Waals surface area contributed by atoms with Gasteiger partial charge in [-0.15, -0.1) is 24.0 Å². The van der Waals surface area contributed by atoms with Crippen molar-refractivity contribution in [2.75, 3.05) is 19.6 Å². The molecule has 0 aliphatic rings. The van der Waals surface area contributed by atoms with E-state index in [4.69, 9.17) is 0 Å². The van der Waals surface area contributed by atoms with Crippen molar-refractivity contribution in [3.8, 4) is 0 Å². The maximum Gasteiger partial charge on any atom is 0.250 e. The van der Waals surface area contributed by atoms with Crippen molar-refractivity contribution in [2.24, 2.45) is 10.9 Å². The number of hydrogen-bond donors (Lipinski definition) is 2. The largest absolute Gasteiger partial charge is 0.357 e. The molecule has 0 amide bonds. The molecule has 1 aromatic rings. The van der Waals surface area contributed by atoms with E-state index in [-0.39, 0.29) is 29.5 Å². The molecule has 5 nitrogen and oxygen atoms in total. The Morgan fingerprint density at radius 3 is 2.54 bits per heavy atom. The van der Waals surface area contributed by atoms with Crippen molar-refractivity contribution in [1.29, 1.82) is 0 Å². The average molecular weight is 448 g/mol. The lowest BCUT2D eigenvalue weighted by atomic mass is 10.0. The first kappa shape index (κ1) is 22.9. The van der Waals surface area contributed by atoms with Gasteiger partial charge >= 0.3 is 0 Å². The Hall–Kier alpha value is -1.05. The Labute approximate surface area is 163 Å². The van der Waals surface area contributed by atoms with Crippen molar-refractivity contribution in [1.82, 2.24) is 15.2 Å². The molecule has 0 unspecified atom stereocenters. The van der Waals surface area contributed by atoms with E-state index >= 15 is 0 Å². The number of rotatable bonds is 10. The van der Waals surface area contributed by atoms with E-state index in [1.165, 1.54) is 12.8 Å². The summed E-state index contributed by atoms with van der Waals surface area (Å²) in [7, 11) is 0. The third-order valence-electron chi connectivity index (χ3n) is 4.02. The van der Waals surface area contributed by atoms with Crippen LogP contribution in [0.4, 0.5) is 0 Å². The van der Waals surface area contributed by atoms with E-state index in [0.717, 1.165) is 45.0 Å². The van der Waals surface area contributed by atoms with Crippen LogP contribution in [0.3, 0.4) is 0 Å². The number of aromatic nitrogens is 1. The molecule has 0 atom stereocenters. The number of nitrogens with zero attached hydrogens (tertiary/aromatic N) is 2. The van der Waals surface area contributed by atoms with E-state index in [9.17, 15) is 4.79 Å². The quantitative estimate of drug-likeness (QED) is 0.250. The second-order valence-corrected chi connectivity index (χ2v) is 5.77. The summed E-state index contributed by atoms with van der Waals surface area (Å²) < 4.78 is 1.76. The fraction of sp³-hybridized carbons (Fsp3) is 0.667. The summed E-state index contributed by atoms with van der Waals surface area (Å²) in [4.78, 5) is 16.3.